The molecule has 0 unspecified atom stereocenters. The van der Waals surface area contributed by atoms with Gasteiger partial charge in [-0.1, -0.05) is 12.1 Å². The first-order valence-corrected chi connectivity index (χ1v) is 8.72. The molecule has 0 aliphatic rings. The van der Waals surface area contributed by atoms with Crippen molar-refractivity contribution in [3.8, 4) is 11.5 Å². The van der Waals surface area contributed by atoms with Gasteiger partial charge < -0.3 is 14.6 Å². The number of hydrogen-bond donors (Lipinski definition) is 2. The third kappa shape index (κ3) is 6.36. The Hall–Kier alpha value is -2.62. The zero-order valence-corrected chi connectivity index (χ0v) is 16.0. The van der Waals surface area contributed by atoms with Crippen LogP contribution in [0.5, 0.6) is 11.5 Å². The van der Waals surface area contributed by atoms with Gasteiger partial charge in [-0.05, 0) is 71.5 Å². The summed E-state index contributed by atoms with van der Waals surface area (Å²) < 4.78 is 11.6. The topological polar surface area (TPSA) is 97.2 Å². The highest BCUT2D eigenvalue weighted by molar-refractivity contribution is 14.1. The molecule has 136 valence electrons. The van der Waals surface area contributed by atoms with Gasteiger partial charge in [0.15, 0.2) is 12.7 Å². The van der Waals surface area contributed by atoms with Gasteiger partial charge in [-0.25, -0.2) is 10.2 Å². The molecule has 2 aromatic rings. The highest BCUT2D eigenvalue weighted by atomic mass is 127. The second-order valence-corrected chi connectivity index (χ2v) is 6.34. The van der Waals surface area contributed by atoms with Crippen molar-refractivity contribution in [3.63, 3.8) is 0 Å². The maximum atomic E-state index is 11.7. The Labute approximate surface area is 164 Å². The molecule has 0 aliphatic heterocycles. The van der Waals surface area contributed by atoms with E-state index in [9.17, 15) is 9.59 Å². The molecule has 7 nitrogen and oxygen atoms in total. The molecule has 0 fully saturated rings. The van der Waals surface area contributed by atoms with Gasteiger partial charge in [0.05, 0.1) is 9.78 Å². The van der Waals surface area contributed by atoms with E-state index in [0.717, 1.165) is 9.13 Å². The summed E-state index contributed by atoms with van der Waals surface area (Å²) in [7, 11) is 0. The number of ether oxygens (including phenoxy) is 2. The Morgan fingerprint density at radius 1 is 1.23 bits per heavy atom. The summed E-state index contributed by atoms with van der Waals surface area (Å²) in [5, 5.41) is 12.7. The minimum atomic E-state index is -1.04. The monoisotopic (exact) mass is 468 g/mol. The quantitative estimate of drug-likeness (QED) is 0.353. The number of carboxylic acid groups (broad SMARTS) is 1. The molecule has 0 bridgehead atoms. The average molecular weight is 468 g/mol. The number of carbonyl (C=O) groups is 2. The minimum Gasteiger partial charge on any atom is -0.483 e. The van der Waals surface area contributed by atoms with Gasteiger partial charge in [0.1, 0.15) is 11.5 Å². The van der Waals surface area contributed by atoms with Gasteiger partial charge in [-0.15, -0.1) is 0 Å². The van der Waals surface area contributed by atoms with Crippen LogP contribution in [-0.2, 0) is 9.59 Å². The minimum absolute atomic E-state index is 0.142. The molecule has 26 heavy (non-hydrogen) atoms. The number of hydrogen-bond acceptors (Lipinski definition) is 5. The maximum absolute atomic E-state index is 11.7. The fourth-order valence-electron chi connectivity index (χ4n) is 1.80. The summed E-state index contributed by atoms with van der Waals surface area (Å²) >= 11 is 2.13. The SMILES string of the molecule is C[C@@H](Oc1ccc(/C=N/NC(=O)COc2ccccc2I)cc1)C(=O)O. The van der Waals surface area contributed by atoms with Crippen molar-refractivity contribution in [2.45, 2.75) is 13.0 Å². The van der Waals surface area contributed by atoms with Crippen LogP contribution in [0.3, 0.4) is 0 Å². The van der Waals surface area contributed by atoms with E-state index in [1.807, 2.05) is 18.2 Å². The lowest BCUT2D eigenvalue weighted by Crippen LogP contribution is -2.24. The zero-order valence-electron chi connectivity index (χ0n) is 13.9. The summed E-state index contributed by atoms with van der Waals surface area (Å²) in [5.74, 6) is -0.341. The van der Waals surface area contributed by atoms with Crippen molar-refractivity contribution in [1.29, 1.82) is 0 Å². The van der Waals surface area contributed by atoms with Crippen molar-refractivity contribution >= 4 is 40.7 Å². The first-order chi connectivity index (χ1) is 12.5. The zero-order chi connectivity index (χ0) is 18.9. The number of halogens is 1. The molecule has 1 atom stereocenters. The number of carbonyl (C=O) groups excluding carboxylic acids is 1. The number of carboxylic acids is 1. The highest BCUT2D eigenvalue weighted by Gasteiger charge is 2.11. The first kappa shape index (κ1) is 19.7. The molecule has 0 spiro atoms. The molecule has 2 rings (SSSR count). The van der Waals surface area contributed by atoms with Crippen molar-refractivity contribution < 1.29 is 24.2 Å². The van der Waals surface area contributed by atoms with E-state index >= 15 is 0 Å². The van der Waals surface area contributed by atoms with Crippen LogP contribution in [0.2, 0.25) is 0 Å². The first-order valence-electron chi connectivity index (χ1n) is 7.64. The van der Waals surface area contributed by atoms with Crippen LogP contribution in [0.1, 0.15) is 12.5 Å². The van der Waals surface area contributed by atoms with E-state index in [-0.39, 0.29) is 12.5 Å². The van der Waals surface area contributed by atoms with E-state index in [0.29, 0.717) is 11.5 Å². The Kier molecular flexibility index (Phi) is 7.39. The summed E-state index contributed by atoms with van der Waals surface area (Å²) in [6.07, 6.45) is 0.538. The third-order valence-electron chi connectivity index (χ3n) is 3.14. The van der Waals surface area contributed by atoms with Crippen molar-refractivity contribution in [3.05, 3.63) is 57.7 Å². The highest BCUT2D eigenvalue weighted by Crippen LogP contribution is 2.19. The predicted molar refractivity (Wildman–Crippen MR) is 105 cm³/mol. The van der Waals surface area contributed by atoms with E-state index in [4.69, 9.17) is 14.6 Å². The Bertz CT molecular complexity index is 792. The van der Waals surface area contributed by atoms with E-state index < -0.39 is 12.1 Å². The van der Waals surface area contributed by atoms with Crippen molar-refractivity contribution in [1.82, 2.24) is 5.43 Å². The van der Waals surface area contributed by atoms with Crippen LogP contribution >= 0.6 is 22.6 Å². The van der Waals surface area contributed by atoms with Gasteiger partial charge in [0.2, 0.25) is 0 Å². The lowest BCUT2D eigenvalue weighted by Gasteiger charge is -2.09. The summed E-state index contributed by atoms with van der Waals surface area (Å²) in [5.41, 5.74) is 3.10. The molecule has 2 aromatic carbocycles. The molecule has 0 aliphatic carbocycles. The number of benzene rings is 2. The van der Waals surface area contributed by atoms with Gasteiger partial charge in [0.25, 0.3) is 5.91 Å². The van der Waals surface area contributed by atoms with Gasteiger partial charge in [-0.2, -0.15) is 5.10 Å². The largest absolute Gasteiger partial charge is 0.483 e. The van der Waals surface area contributed by atoms with E-state index in [2.05, 4.69) is 33.1 Å². The van der Waals surface area contributed by atoms with Crippen LogP contribution in [0, 0.1) is 3.57 Å². The Morgan fingerprint density at radius 2 is 1.92 bits per heavy atom. The molecular formula is C18H17IN2O5. The second-order valence-electron chi connectivity index (χ2n) is 5.18. The molecule has 2 N–H and O–H groups in total. The Morgan fingerprint density at radius 3 is 2.58 bits per heavy atom. The summed E-state index contributed by atoms with van der Waals surface area (Å²) in [6, 6.07) is 14.0. The summed E-state index contributed by atoms with van der Waals surface area (Å²) in [4.78, 5) is 22.5. The molecule has 0 aromatic heterocycles. The normalized spacial score (nSPS) is 11.8. The smallest absolute Gasteiger partial charge is 0.344 e. The lowest BCUT2D eigenvalue weighted by atomic mass is 10.2. The molecule has 0 saturated heterocycles. The van der Waals surface area contributed by atoms with Crippen LogP contribution in [0.25, 0.3) is 0 Å². The Balaban J connectivity index is 1.79. The van der Waals surface area contributed by atoms with Crippen LogP contribution in [0.4, 0.5) is 0 Å². The average Bonchev–Trinajstić information content (AvgIpc) is 2.62. The van der Waals surface area contributed by atoms with E-state index in [1.165, 1.54) is 13.1 Å². The molecular weight excluding hydrogens is 451 g/mol. The lowest BCUT2D eigenvalue weighted by molar-refractivity contribution is -0.144. The van der Waals surface area contributed by atoms with E-state index in [1.54, 1.807) is 30.3 Å². The number of nitrogens with zero attached hydrogens (tertiary/aromatic N) is 1. The number of nitrogens with one attached hydrogen (secondary N) is 1. The number of hydrazone groups is 1. The second kappa shape index (κ2) is 9.76. The summed E-state index contributed by atoms with van der Waals surface area (Å²) in [6.45, 7) is 1.31. The van der Waals surface area contributed by atoms with Crippen molar-refractivity contribution in [2.24, 2.45) is 5.10 Å². The van der Waals surface area contributed by atoms with Crippen LogP contribution < -0.4 is 14.9 Å². The molecule has 8 heteroatoms. The van der Waals surface area contributed by atoms with Crippen molar-refractivity contribution in [2.75, 3.05) is 6.61 Å². The van der Waals surface area contributed by atoms with Crippen LogP contribution in [0.15, 0.2) is 53.6 Å². The van der Waals surface area contributed by atoms with Gasteiger partial charge in [0, 0.05) is 0 Å². The predicted octanol–water partition coefficient (Wildman–Crippen LogP) is 2.67. The fraction of sp³-hybridized carbons (Fsp3) is 0.167. The van der Waals surface area contributed by atoms with Gasteiger partial charge in [-0.3, -0.25) is 4.79 Å². The number of rotatable bonds is 8. The molecule has 1 amide bonds. The standard InChI is InChI=1S/C18H17IN2O5/c1-12(18(23)24)26-14-8-6-13(7-9-14)10-20-21-17(22)11-25-16-5-3-2-4-15(16)19/h2-10,12H,11H2,1H3,(H,21,22)(H,23,24)/b20-10+/t12-/m1/s1. The van der Waals surface area contributed by atoms with Crippen LogP contribution in [-0.4, -0.2) is 35.9 Å². The number of para-hydroxylation sites is 1. The molecule has 0 saturated carbocycles. The number of aliphatic carboxylic acids is 1. The molecule has 0 radical (unpaired) electrons. The number of amides is 1. The maximum Gasteiger partial charge on any atom is 0.344 e. The van der Waals surface area contributed by atoms with Gasteiger partial charge >= 0.3 is 5.97 Å². The fourth-order valence-corrected chi connectivity index (χ4v) is 2.35. The molecule has 0 heterocycles. The third-order valence-corrected chi connectivity index (χ3v) is 4.03.